The van der Waals surface area contributed by atoms with Crippen LogP contribution in [0.3, 0.4) is 0 Å². The van der Waals surface area contributed by atoms with Crippen LogP contribution in [0.5, 0.6) is 0 Å². The van der Waals surface area contributed by atoms with Gasteiger partial charge in [-0.3, -0.25) is 4.99 Å². The lowest BCUT2D eigenvalue weighted by atomic mass is 9.97. The molecule has 8 aromatic rings. The van der Waals surface area contributed by atoms with Crippen molar-refractivity contribution in [3.63, 3.8) is 0 Å². The molecular weight excluding hydrogens is 583 g/mol. The van der Waals surface area contributed by atoms with E-state index in [1.165, 1.54) is 10.9 Å². The fraction of sp³-hybridized carbons (Fsp3) is 0.0222. The molecule has 0 bridgehead atoms. The maximum absolute atomic E-state index is 5.12. The van der Waals surface area contributed by atoms with Gasteiger partial charge in [0.2, 0.25) is 0 Å². The highest BCUT2D eigenvalue weighted by Gasteiger charge is 2.24. The molecule has 0 aliphatic rings. The predicted molar refractivity (Wildman–Crippen MR) is 201 cm³/mol. The summed E-state index contributed by atoms with van der Waals surface area (Å²) in [5.41, 5.74) is 13.9. The Bertz CT molecular complexity index is 2320. The Labute approximate surface area is 281 Å². The molecule has 0 unspecified atom stereocenters. The van der Waals surface area contributed by atoms with Gasteiger partial charge in [-0.15, -0.1) is 0 Å². The molecule has 3 nitrogen and oxygen atoms in total. The van der Waals surface area contributed by atoms with E-state index >= 15 is 0 Å². The van der Waals surface area contributed by atoms with E-state index in [9.17, 15) is 0 Å². The second-order valence-electron chi connectivity index (χ2n) is 11.8. The number of para-hydroxylation sites is 1. The van der Waals surface area contributed by atoms with Gasteiger partial charge in [-0.2, -0.15) is 0 Å². The summed E-state index contributed by atoms with van der Waals surface area (Å²) in [7, 11) is 1.89. The number of hydrogen-bond acceptors (Lipinski definition) is 2. The zero-order valence-electron chi connectivity index (χ0n) is 26.7. The first-order valence-corrected chi connectivity index (χ1v) is 16.2. The maximum atomic E-state index is 5.12. The third-order valence-corrected chi connectivity index (χ3v) is 8.83. The summed E-state index contributed by atoms with van der Waals surface area (Å²) in [5.74, 6) is 0. The molecule has 0 saturated carbocycles. The van der Waals surface area contributed by atoms with Crippen LogP contribution in [0, 0.1) is 0 Å². The minimum atomic E-state index is 0.942. The van der Waals surface area contributed by atoms with E-state index in [1.807, 2.05) is 19.2 Å². The highest BCUT2D eigenvalue weighted by molar-refractivity contribution is 6.20. The van der Waals surface area contributed by atoms with E-state index in [-0.39, 0.29) is 0 Å². The van der Waals surface area contributed by atoms with Crippen molar-refractivity contribution >= 4 is 16.6 Å². The molecular formula is C45H33N3. The molecule has 48 heavy (non-hydrogen) atoms. The zero-order valence-corrected chi connectivity index (χ0v) is 26.7. The van der Waals surface area contributed by atoms with Crippen molar-refractivity contribution in [1.82, 2.24) is 9.55 Å². The number of rotatable bonds is 7. The molecule has 0 N–H and O–H groups in total. The molecule has 0 atom stereocenters. The van der Waals surface area contributed by atoms with Gasteiger partial charge < -0.3 is 4.57 Å². The van der Waals surface area contributed by atoms with Crippen LogP contribution in [0.25, 0.3) is 61.4 Å². The molecule has 0 spiro atoms. The fourth-order valence-electron chi connectivity index (χ4n) is 6.63. The number of benzene rings is 6. The third-order valence-electron chi connectivity index (χ3n) is 8.83. The quantitative estimate of drug-likeness (QED) is 0.164. The first-order valence-electron chi connectivity index (χ1n) is 16.2. The van der Waals surface area contributed by atoms with E-state index < -0.39 is 0 Å². The monoisotopic (exact) mass is 615 g/mol. The zero-order chi connectivity index (χ0) is 32.3. The van der Waals surface area contributed by atoms with Crippen molar-refractivity contribution in [3.05, 3.63) is 193 Å². The summed E-state index contributed by atoms with van der Waals surface area (Å²) in [6.45, 7) is 0. The van der Waals surface area contributed by atoms with Crippen LogP contribution in [0.15, 0.2) is 187 Å². The standard InChI is InChI=1S/C45H33N3/c1-46-44(35-23-12-5-13-24-35)45-43(34-21-10-4-11-22-34)39-27-14-15-28-42(39)48(45)38-26-16-25-36(29-38)37-30-40(32-17-6-2-7-18-32)47-41(31-37)33-19-8-3-9-20-33/h2-31H,1H3. The summed E-state index contributed by atoms with van der Waals surface area (Å²) in [4.78, 5) is 10.1. The Morgan fingerprint density at radius 2 is 1.00 bits per heavy atom. The van der Waals surface area contributed by atoms with Gasteiger partial charge in [0.1, 0.15) is 0 Å². The van der Waals surface area contributed by atoms with Crippen LogP contribution < -0.4 is 0 Å². The molecule has 2 aromatic heterocycles. The van der Waals surface area contributed by atoms with E-state index in [0.717, 1.165) is 67.4 Å². The first kappa shape index (κ1) is 29.1. The van der Waals surface area contributed by atoms with Gasteiger partial charge in [0.15, 0.2) is 0 Å². The van der Waals surface area contributed by atoms with Crippen LogP contribution in [0.1, 0.15) is 11.3 Å². The van der Waals surface area contributed by atoms with Crippen LogP contribution in [-0.4, -0.2) is 22.3 Å². The molecule has 228 valence electrons. The molecule has 6 aromatic carbocycles. The number of aliphatic imine (C=N–C) groups is 1. The Hall–Kier alpha value is -6.32. The summed E-state index contributed by atoms with van der Waals surface area (Å²) in [5, 5.41) is 1.18. The van der Waals surface area contributed by atoms with Crippen LogP contribution in [0.2, 0.25) is 0 Å². The molecule has 0 fully saturated rings. The van der Waals surface area contributed by atoms with Gasteiger partial charge in [0.25, 0.3) is 0 Å². The molecule has 8 rings (SSSR count). The Kier molecular flexibility index (Phi) is 7.77. The minimum absolute atomic E-state index is 0.942. The van der Waals surface area contributed by atoms with Gasteiger partial charge >= 0.3 is 0 Å². The third kappa shape index (κ3) is 5.42. The van der Waals surface area contributed by atoms with Crippen LogP contribution in [0.4, 0.5) is 0 Å². The maximum Gasteiger partial charge on any atom is 0.0890 e. The van der Waals surface area contributed by atoms with Crippen LogP contribution in [-0.2, 0) is 0 Å². The highest BCUT2D eigenvalue weighted by Crippen LogP contribution is 2.39. The van der Waals surface area contributed by atoms with Crippen molar-refractivity contribution in [3.8, 4) is 50.5 Å². The lowest BCUT2D eigenvalue weighted by Gasteiger charge is -2.17. The van der Waals surface area contributed by atoms with E-state index in [4.69, 9.17) is 9.98 Å². The average molecular weight is 616 g/mol. The van der Waals surface area contributed by atoms with Crippen molar-refractivity contribution < 1.29 is 0 Å². The number of aromatic nitrogens is 2. The number of fused-ring (bicyclic) bond motifs is 1. The highest BCUT2D eigenvalue weighted by atomic mass is 15.0. The molecule has 2 heterocycles. The fourth-order valence-corrected chi connectivity index (χ4v) is 6.63. The van der Waals surface area contributed by atoms with Gasteiger partial charge in [-0.05, 0) is 47.0 Å². The molecule has 0 saturated heterocycles. The summed E-state index contributed by atoms with van der Waals surface area (Å²) < 4.78 is 2.38. The summed E-state index contributed by atoms with van der Waals surface area (Å²) in [6, 6.07) is 63.9. The summed E-state index contributed by atoms with van der Waals surface area (Å²) >= 11 is 0. The lowest BCUT2D eigenvalue weighted by Crippen LogP contribution is -2.11. The second kappa shape index (κ2) is 12.8. The lowest BCUT2D eigenvalue weighted by molar-refractivity contribution is 1.10. The average Bonchev–Trinajstić information content (AvgIpc) is 3.51. The number of nitrogens with zero attached hydrogens (tertiary/aromatic N) is 3. The van der Waals surface area contributed by atoms with E-state index in [1.54, 1.807) is 0 Å². The smallest absolute Gasteiger partial charge is 0.0890 e. The Balaban J connectivity index is 1.38. The minimum Gasteiger partial charge on any atom is -0.307 e. The molecule has 0 aliphatic heterocycles. The summed E-state index contributed by atoms with van der Waals surface area (Å²) in [6.07, 6.45) is 0. The van der Waals surface area contributed by atoms with E-state index in [0.29, 0.717) is 0 Å². The largest absolute Gasteiger partial charge is 0.307 e. The molecule has 0 radical (unpaired) electrons. The number of pyridine rings is 1. The van der Waals surface area contributed by atoms with Crippen molar-refractivity contribution in [2.45, 2.75) is 0 Å². The normalized spacial score (nSPS) is 11.6. The number of hydrogen-bond donors (Lipinski definition) is 0. The van der Waals surface area contributed by atoms with Crippen molar-refractivity contribution in [1.29, 1.82) is 0 Å². The van der Waals surface area contributed by atoms with Crippen molar-refractivity contribution in [2.24, 2.45) is 4.99 Å². The second-order valence-corrected chi connectivity index (χ2v) is 11.8. The van der Waals surface area contributed by atoms with Crippen molar-refractivity contribution in [2.75, 3.05) is 7.05 Å². The molecule has 3 heteroatoms. The van der Waals surface area contributed by atoms with Gasteiger partial charge in [0, 0.05) is 40.4 Å². The molecule has 0 amide bonds. The first-order chi connectivity index (χ1) is 23.8. The SMILES string of the molecule is CN=C(c1ccccc1)c1c(-c2ccccc2)c2ccccc2n1-c1cccc(-c2cc(-c3ccccc3)nc(-c3ccccc3)c2)c1. The van der Waals surface area contributed by atoms with Gasteiger partial charge in [-0.25, -0.2) is 4.98 Å². The Morgan fingerprint density at radius 3 is 1.60 bits per heavy atom. The Morgan fingerprint density at radius 1 is 0.479 bits per heavy atom. The predicted octanol–water partition coefficient (Wildman–Crippen LogP) is 11.2. The van der Waals surface area contributed by atoms with Crippen LogP contribution >= 0.6 is 0 Å². The van der Waals surface area contributed by atoms with E-state index in [2.05, 4.69) is 174 Å². The molecule has 0 aliphatic carbocycles. The van der Waals surface area contributed by atoms with Gasteiger partial charge in [-0.1, -0.05) is 152 Å². The topological polar surface area (TPSA) is 30.2 Å². The van der Waals surface area contributed by atoms with Gasteiger partial charge in [0.05, 0.1) is 28.3 Å².